The Bertz CT molecular complexity index is 822. The van der Waals surface area contributed by atoms with Crippen molar-refractivity contribution in [1.29, 1.82) is 0 Å². The summed E-state index contributed by atoms with van der Waals surface area (Å²) in [5, 5.41) is 2.88. The van der Waals surface area contributed by atoms with Crippen molar-refractivity contribution in [2.24, 2.45) is 0 Å². The Hall–Kier alpha value is -3.02. The summed E-state index contributed by atoms with van der Waals surface area (Å²) < 4.78 is 11.2. The van der Waals surface area contributed by atoms with E-state index in [1.165, 1.54) is 0 Å². The van der Waals surface area contributed by atoms with Crippen molar-refractivity contribution in [2.75, 3.05) is 25.1 Å². The first-order chi connectivity index (χ1) is 12.7. The Morgan fingerprint density at radius 3 is 2.50 bits per heavy atom. The number of hydrogen-bond donors (Lipinski definition) is 1. The first-order valence-electron chi connectivity index (χ1n) is 8.79. The lowest BCUT2D eigenvalue weighted by Gasteiger charge is -2.39. The van der Waals surface area contributed by atoms with Crippen molar-refractivity contribution >= 4 is 17.5 Å². The van der Waals surface area contributed by atoms with Gasteiger partial charge in [0.15, 0.2) is 11.5 Å². The summed E-state index contributed by atoms with van der Waals surface area (Å²) in [7, 11) is 0. The van der Waals surface area contributed by atoms with Gasteiger partial charge in [-0.05, 0) is 30.7 Å². The summed E-state index contributed by atoms with van der Waals surface area (Å²) in [6.07, 6.45) is 1.49. The zero-order valence-corrected chi connectivity index (χ0v) is 14.3. The molecule has 2 heterocycles. The van der Waals surface area contributed by atoms with Gasteiger partial charge in [0.05, 0.1) is 13.2 Å². The van der Waals surface area contributed by atoms with Crippen molar-refractivity contribution in [3.8, 4) is 11.5 Å². The fraction of sp³-hybridized carbons (Fsp3) is 0.300. The Morgan fingerprint density at radius 1 is 1.00 bits per heavy atom. The van der Waals surface area contributed by atoms with Crippen molar-refractivity contribution in [3.05, 3.63) is 54.1 Å². The van der Waals surface area contributed by atoms with Gasteiger partial charge in [0, 0.05) is 30.3 Å². The molecule has 2 aliphatic rings. The number of ether oxygens (including phenoxy) is 2. The minimum absolute atomic E-state index is 0.115. The van der Waals surface area contributed by atoms with Gasteiger partial charge in [0.2, 0.25) is 5.91 Å². The first-order valence-corrected chi connectivity index (χ1v) is 8.79. The molecule has 1 N–H and O–H groups in total. The van der Waals surface area contributed by atoms with Crippen LogP contribution >= 0.6 is 0 Å². The van der Waals surface area contributed by atoms with E-state index in [1.807, 2.05) is 18.2 Å². The van der Waals surface area contributed by atoms with E-state index in [1.54, 1.807) is 35.2 Å². The highest BCUT2D eigenvalue weighted by Gasteiger charge is 2.38. The van der Waals surface area contributed by atoms with E-state index in [9.17, 15) is 9.59 Å². The lowest BCUT2D eigenvalue weighted by Crippen LogP contribution is -2.56. The minimum atomic E-state index is -0.446. The second-order valence-electron chi connectivity index (χ2n) is 6.37. The number of benzene rings is 2. The highest BCUT2D eigenvalue weighted by molar-refractivity contribution is 6.02. The van der Waals surface area contributed by atoms with E-state index in [-0.39, 0.29) is 11.8 Å². The standard InChI is InChI=1S/C20H20N2O4/c23-19(16-9-10-22(16)20(24)14-5-2-1-3-6-14)21-15-7-8-17-18(13-15)26-12-4-11-25-17/h1-3,5-8,13,16H,4,9-12H2,(H,21,23). The van der Waals surface area contributed by atoms with Gasteiger partial charge in [0.25, 0.3) is 5.91 Å². The van der Waals surface area contributed by atoms with Gasteiger partial charge in [-0.3, -0.25) is 9.59 Å². The van der Waals surface area contributed by atoms with E-state index in [2.05, 4.69) is 5.32 Å². The molecule has 26 heavy (non-hydrogen) atoms. The molecule has 6 heteroatoms. The van der Waals surface area contributed by atoms with E-state index in [0.29, 0.717) is 48.9 Å². The molecule has 6 nitrogen and oxygen atoms in total. The smallest absolute Gasteiger partial charge is 0.254 e. The van der Waals surface area contributed by atoms with E-state index < -0.39 is 6.04 Å². The summed E-state index contributed by atoms with van der Waals surface area (Å²) >= 11 is 0. The zero-order chi connectivity index (χ0) is 17.9. The van der Waals surface area contributed by atoms with Crippen LogP contribution in [0.25, 0.3) is 0 Å². The molecule has 2 aromatic rings. The van der Waals surface area contributed by atoms with Crippen LogP contribution in [0, 0.1) is 0 Å². The Labute approximate surface area is 151 Å². The number of rotatable bonds is 3. The van der Waals surface area contributed by atoms with Gasteiger partial charge in [-0.25, -0.2) is 0 Å². The number of amides is 2. The van der Waals surface area contributed by atoms with Gasteiger partial charge in [0.1, 0.15) is 6.04 Å². The maximum Gasteiger partial charge on any atom is 0.254 e. The van der Waals surface area contributed by atoms with Crippen LogP contribution in [0.4, 0.5) is 5.69 Å². The molecule has 0 radical (unpaired) electrons. The van der Waals surface area contributed by atoms with Gasteiger partial charge in [-0.2, -0.15) is 0 Å². The molecule has 0 aliphatic carbocycles. The third-order valence-corrected chi connectivity index (χ3v) is 4.62. The lowest BCUT2D eigenvalue weighted by molar-refractivity contribution is -0.123. The largest absolute Gasteiger partial charge is 0.490 e. The van der Waals surface area contributed by atoms with Crippen LogP contribution in [0.15, 0.2) is 48.5 Å². The van der Waals surface area contributed by atoms with E-state index in [4.69, 9.17) is 9.47 Å². The molecule has 0 spiro atoms. The number of likely N-dealkylation sites (tertiary alicyclic amines) is 1. The predicted octanol–water partition coefficient (Wildman–Crippen LogP) is 2.70. The Kier molecular flexibility index (Phi) is 4.48. The van der Waals surface area contributed by atoms with Crippen LogP contribution in [-0.2, 0) is 4.79 Å². The third kappa shape index (κ3) is 3.22. The first kappa shape index (κ1) is 16.4. The van der Waals surface area contributed by atoms with Gasteiger partial charge >= 0.3 is 0 Å². The predicted molar refractivity (Wildman–Crippen MR) is 96.6 cm³/mol. The molecule has 1 unspecified atom stereocenters. The Balaban J connectivity index is 1.44. The number of anilines is 1. The summed E-state index contributed by atoms with van der Waals surface area (Å²) in [6, 6.07) is 13.9. The molecule has 4 rings (SSSR count). The van der Waals surface area contributed by atoms with Gasteiger partial charge in [-0.15, -0.1) is 0 Å². The number of carbonyl (C=O) groups excluding carboxylic acids is 2. The highest BCUT2D eigenvalue weighted by atomic mass is 16.5. The minimum Gasteiger partial charge on any atom is -0.490 e. The number of hydrogen-bond acceptors (Lipinski definition) is 4. The Morgan fingerprint density at radius 2 is 1.77 bits per heavy atom. The molecular weight excluding hydrogens is 332 g/mol. The van der Waals surface area contributed by atoms with E-state index >= 15 is 0 Å². The van der Waals surface area contributed by atoms with Crippen molar-refractivity contribution < 1.29 is 19.1 Å². The fourth-order valence-corrected chi connectivity index (χ4v) is 3.12. The highest BCUT2D eigenvalue weighted by Crippen LogP contribution is 2.32. The number of carbonyl (C=O) groups is 2. The maximum atomic E-state index is 12.6. The number of fused-ring (bicyclic) bond motifs is 1. The summed E-state index contributed by atoms with van der Waals surface area (Å²) in [6.45, 7) is 1.80. The van der Waals surface area contributed by atoms with Crippen LogP contribution < -0.4 is 14.8 Å². The number of nitrogens with one attached hydrogen (secondary N) is 1. The SMILES string of the molecule is O=C(Nc1ccc2c(c1)OCCCO2)C1CCN1C(=O)c1ccccc1. The molecule has 0 saturated carbocycles. The summed E-state index contributed by atoms with van der Waals surface area (Å²) in [5.74, 6) is 1.02. The van der Waals surface area contributed by atoms with Gasteiger partial charge < -0.3 is 19.7 Å². The maximum absolute atomic E-state index is 12.6. The molecule has 0 bridgehead atoms. The van der Waals surface area contributed by atoms with Gasteiger partial charge in [-0.1, -0.05) is 18.2 Å². The topological polar surface area (TPSA) is 67.9 Å². The van der Waals surface area contributed by atoms with Crippen molar-refractivity contribution in [2.45, 2.75) is 18.9 Å². The van der Waals surface area contributed by atoms with Crippen LogP contribution in [0.2, 0.25) is 0 Å². The quantitative estimate of drug-likeness (QED) is 0.922. The fourth-order valence-electron chi connectivity index (χ4n) is 3.12. The monoisotopic (exact) mass is 352 g/mol. The summed E-state index contributed by atoms with van der Waals surface area (Å²) in [5.41, 5.74) is 1.24. The molecule has 1 saturated heterocycles. The molecule has 2 amide bonds. The average molecular weight is 352 g/mol. The third-order valence-electron chi connectivity index (χ3n) is 4.62. The molecule has 134 valence electrons. The zero-order valence-electron chi connectivity index (χ0n) is 14.3. The van der Waals surface area contributed by atoms with Crippen molar-refractivity contribution in [3.63, 3.8) is 0 Å². The van der Waals surface area contributed by atoms with Crippen LogP contribution in [-0.4, -0.2) is 42.5 Å². The number of nitrogens with zero attached hydrogens (tertiary/aromatic N) is 1. The second kappa shape index (κ2) is 7.07. The van der Waals surface area contributed by atoms with Crippen LogP contribution in [0.5, 0.6) is 11.5 Å². The summed E-state index contributed by atoms with van der Waals surface area (Å²) in [4.78, 5) is 26.7. The lowest BCUT2D eigenvalue weighted by atomic mass is 10.00. The molecule has 0 aromatic heterocycles. The molecule has 1 fully saturated rings. The van der Waals surface area contributed by atoms with Crippen LogP contribution in [0.1, 0.15) is 23.2 Å². The molecule has 1 atom stereocenters. The molecular formula is C20H20N2O4. The van der Waals surface area contributed by atoms with Crippen molar-refractivity contribution in [1.82, 2.24) is 4.90 Å². The average Bonchev–Trinajstić information content (AvgIpc) is 2.86. The van der Waals surface area contributed by atoms with E-state index in [0.717, 1.165) is 6.42 Å². The molecule has 2 aliphatic heterocycles. The normalized spacial score (nSPS) is 18.5. The van der Waals surface area contributed by atoms with Crippen LogP contribution in [0.3, 0.4) is 0 Å². The molecule has 2 aromatic carbocycles. The second-order valence-corrected chi connectivity index (χ2v) is 6.37.